The van der Waals surface area contributed by atoms with Crippen molar-refractivity contribution < 1.29 is 4.79 Å². The second-order valence-electron chi connectivity index (χ2n) is 4.63. The van der Waals surface area contributed by atoms with Crippen molar-refractivity contribution in [2.24, 2.45) is 0 Å². The maximum Gasteiger partial charge on any atom is 0.270 e. The van der Waals surface area contributed by atoms with Crippen molar-refractivity contribution in [1.29, 1.82) is 0 Å². The molecule has 6 nitrogen and oxygen atoms in total. The number of fused-ring (bicyclic) bond motifs is 1. The van der Waals surface area contributed by atoms with Crippen molar-refractivity contribution in [2.75, 3.05) is 5.32 Å². The molecule has 0 fully saturated rings. The van der Waals surface area contributed by atoms with E-state index in [4.69, 9.17) is 11.6 Å². The molecule has 110 valence electrons. The Morgan fingerprint density at radius 3 is 2.41 bits per heavy atom. The Bertz CT molecular complexity index is 991. The highest BCUT2D eigenvalue weighted by atomic mass is 35.5. The fourth-order valence-corrected chi connectivity index (χ4v) is 2.28. The molecular weight excluding hydrogens is 306 g/mol. The minimum absolute atomic E-state index is 0.202. The van der Waals surface area contributed by atoms with E-state index in [-0.39, 0.29) is 16.7 Å². The van der Waals surface area contributed by atoms with Crippen LogP contribution >= 0.6 is 11.6 Å². The largest absolute Gasteiger partial charge is 0.322 e. The van der Waals surface area contributed by atoms with Gasteiger partial charge in [0.15, 0.2) is 0 Å². The number of hydrogen-bond acceptors (Lipinski definition) is 3. The average molecular weight is 316 g/mol. The van der Waals surface area contributed by atoms with E-state index in [1.54, 1.807) is 24.3 Å². The number of halogens is 1. The van der Waals surface area contributed by atoms with Crippen LogP contribution in [0.2, 0.25) is 5.02 Å². The van der Waals surface area contributed by atoms with Gasteiger partial charge in [-0.3, -0.25) is 24.6 Å². The number of aromatic amines is 2. The molecule has 0 aliphatic heterocycles. The van der Waals surface area contributed by atoms with Gasteiger partial charge in [0, 0.05) is 16.3 Å². The van der Waals surface area contributed by atoms with Crippen LogP contribution in [0.5, 0.6) is 0 Å². The van der Waals surface area contributed by atoms with Crippen LogP contribution in [0.15, 0.2) is 52.1 Å². The van der Waals surface area contributed by atoms with Gasteiger partial charge < -0.3 is 5.32 Å². The molecule has 0 aliphatic carbocycles. The van der Waals surface area contributed by atoms with Crippen molar-refractivity contribution in [2.45, 2.75) is 0 Å². The van der Waals surface area contributed by atoms with E-state index in [0.717, 1.165) is 0 Å². The summed E-state index contributed by atoms with van der Waals surface area (Å²) in [5.41, 5.74) is -0.0308. The lowest BCUT2D eigenvalue weighted by Crippen LogP contribution is -2.19. The molecule has 1 amide bonds. The molecule has 3 rings (SSSR count). The van der Waals surface area contributed by atoms with Crippen LogP contribution in [-0.2, 0) is 0 Å². The molecule has 0 unspecified atom stereocenters. The second kappa shape index (κ2) is 5.50. The van der Waals surface area contributed by atoms with E-state index in [2.05, 4.69) is 15.5 Å². The molecular formula is C15H10ClN3O3. The first-order valence-corrected chi connectivity index (χ1v) is 6.74. The summed E-state index contributed by atoms with van der Waals surface area (Å²) in [6, 6.07) is 11.0. The van der Waals surface area contributed by atoms with E-state index in [9.17, 15) is 14.4 Å². The third-order valence-electron chi connectivity index (χ3n) is 3.14. The van der Waals surface area contributed by atoms with E-state index >= 15 is 0 Å². The lowest BCUT2D eigenvalue weighted by Gasteiger charge is -2.06. The monoisotopic (exact) mass is 315 g/mol. The van der Waals surface area contributed by atoms with Crippen LogP contribution in [0.3, 0.4) is 0 Å². The molecule has 0 bridgehead atoms. The van der Waals surface area contributed by atoms with Gasteiger partial charge in [-0.15, -0.1) is 0 Å². The summed E-state index contributed by atoms with van der Waals surface area (Å²) in [6.07, 6.45) is 0. The zero-order valence-corrected chi connectivity index (χ0v) is 11.9. The number of aromatic nitrogens is 2. The van der Waals surface area contributed by atoms with E-state index in [1.807, 2.05) is 0 Å². The SMILES string of the molecule is O=C(Nc1ccc2c(=O)[nH][nH]c(=O)c2c1)c1cccc(Cl)c1. The minimum Gasteiger partial charge on any atom is -0.322 e. The second-order valence-corrected chi connectivity index (χ2v) is 5.07. The number of hydrogen-bond donors (Lipinski definition) is 3. The van der Waals surface area contributed by atoms with Gasteiger partial charge in [-0.1, -0.05) is 17.7 Å². The number of nitrogens with one attached hydrogen (secondary N) is 3. The summed E-state index contributed by atoms with van der Waals surface area (Å²) in [5.74, 6) is -0.358. The molecule has 1 aromatic heterocycles. The molecule has 7 heteroatoms. The van der Waals surface area contributed by atoms with Crippen molar-refractivity contribution >= 4 is 34.0 Å². The van der Waals surface area contributed by atoms with Crippen LogP contribution in [0, 0.1) is 0 Å². The molecule has 1 heterocycles. The Morgan fingerprint density at radius 2 is 1.68 bits per heavy atom. The first kappa shape index (κ1) is 14.1. The molecule has 0 atom stereocenters. The third kappa shape index (κ3) is 2.64. The highest BCUT2D eigenvalue weighted by Gasteiger charge is 2.09. The van der Waals surface area contributed by atoms with Gasteiger partial charge in [-0.2, -0.15) is 0 Å². The van der Waals surface area contributed by atoms with Crippen molar-refractivity contribution in [3.63, 3.8) is 0 Å². The quantitative estimate of drug-likeness (QED) is 0.676. The zero-order valence-electron chi connectivity index (χ0n) is 11.1. The topological polar surface area (TPSA) is 94.8 Å². The fourth-order valence-electron chi connectivity index (χ4n) is 2.09. The van der Waals surface area contributed by atoms with Crippen molar-refractivity contribution in [1.82, 2.24) is 10.2 Å². The van der Waals surface area contributed by atoms with E-state index in [0.29, 0.717) is 16.3 Å². The Kier molecular flexibility index (Phi) is 3.52. The predicted molar refractivity (Wildman–Crippen MR) is 84.6 cm³/mol. The summed E-state index contributed by atoms with van der Waals surface area (Å²) >= 11 is 5.84. The van der Waals surface area contributed by atoms with E-state index in [1.165, 1.54) is 18.2 Å². The summed E-state index contributed by atoms with van der Waals surface area (Å²) in [7, 11) is 0. The fraction of sp³-hybridized carbons (Fsp3) is 0. The molecule has 22 heavy (non-hydrogen) atoms. The zero-order chi connectivity index (χ0) is 15.7. The molecule has 0 spiro atoms. The van der Waals surface area contributed by atoms with Gasteiger partial charge in [-0.25, -0.2) is 0 Å². The standard InChI is InChI=1S/C15H10ClN3O3/c16-9-3-1-2-8(6-9)13(20)17-10-4-5-11-12(7-10)15(22)19-18-14(11)21/h1-7H,(H,17,20)(H,18,21)(H,19,22). The van der Waals surface area contributed by atoms with Crippen molar-refractivity contribution in [3.8, 4) is 0 Å². The first-order chi connectivity index (χ1) is 10.5. The Hall–Kier alpha value is -2.86. The van der Waals surface area contributed by atoms with Gasteiger partial charge in [-0.05, 0) is 36.4 Å². The normalized spacial score (nSPS) is 10.6. The number of rotatable bonds is 2. The van der Waals surface area contributed by atoms with Crippen LogP contribution in [0.4, 0.5) is 5.69 Å². The molecule has 0 saturated carbocycles. The maximum absolute atomic E-state index is 12.1. The number of H-pyrrole nitrogens is 2. The summed E-state index contributed by atoms with van der Waals surface area (Å²) in [6.45, 7) is 0. The highest BCUT2D eigenvalue weighted by molar-refractivity contribution is 6.31. The van der Waals surface area contributed by atoms with Crippen LogP contribution in [0.1, 0.15) is 10.4 Å². The maximum atomic E-state index is 12.1. The predicted octanol–water partition coefficient (Wildman–Crippen LogP) is 2.12. The molecule has 3 aromatic rings. The molecule has 2 aromatic carbocycles. The number of benzene rings is 2. The van der Waals surface area contributed by atoms with Gasteiger partial charge in [0.25, 0.3) is 17.0 Å². The Labute approximate surface area is 128 Å². The smallest absolute Gasteiger partial charge is 0.270 e. The molecule has 0 aliphatic rings. The summed E-state index contributed by atoms with van der Waals surface area (Å²) in [4.78, 5) is 35.5. The summed E-state index contributed by atoms with van der Waals surface area (Å²) < 4.78 is 0. The van der Waals surface area contributed by atoms with Gasteiger partial charge in [0.1, 0.15) is 0 Å². The lowest BCUT2D eigenvalue weighted by molar-refractivity contribution is 0.102. The highest BCUT2D eigenvalue weighted by Crippen LogP contribution is 2.16. The first-order valence-electron chi connectivity index (χ1n) is 6.36. The van der Waals surface area contributed by atoms with Crippen LogP contribution < -0.4 is 16.4 Å². The Balaban J connectivity index is 1.98. The van der Waals surface area contributed by atoms with Gasteiger partial charge in [0.2, 0.25) is 0 Å². The number of amides is 1. The lowest BCUT2D eigenvalue weighted by atomic mass is 10.1. The molecule has 3 N–H and O–H groups in total. The van der Waals surface area contributed by atoms with Crippen LogP contribution in [0.25, 0.3) is 10.8 Å². The average Bonchev–Trinajstić information content (AvgIpc) is 2.51. The Morgan fingerprint density at radius 1 is 0.955 bits per heavy atom. The molecule has 0 saturated heterocycles. The number of carbonyl (C=O) groups is 1. The summed E-state index contributed by atoms with van der Waals surface area (Å²) in [5, 5.41) is 8.05. The van der Waals surface area contributed by atoms with Crippen molar-refractivity contribution in [3.05, 3.63) is 73.8 Å². The molecule has 0 radical (unpaired) electrons. The third-order valence-corrected chi connectivity index (χ3v) is 3.38. The van der Waals surface area contributed by atoms with Gasteiger partial charge >= 0.3 is 0 Å². The number of anilines is 1. The van der Waals surface area contributed by atoms with E-state index < -0.39 is 11.1 Å². The van der Waals surface area contributed by atoms with Crippen LogP contribution in [-0.4, -0.2) is 16.1 Å². The van der Waals surface area contributed by atoms with Gasteiger partial charge in [0.05, 0.1) is 10.8 Å². The number of carbonyl (C=O) groups excluding carboxylic acids is 1. The minimum atomic E-state index is -0.437.